The Hall–Kier alpha value is -1.64. The number of ether oxygens (including phenoxy) is 1. The van der Waals surface area contributed by atoms with E-state index in [0.717, 1.165) is 19.4 Å². The van der Waals surface area contributed by atoms with Crippen LogP contribution in [-0.4, -0.2) is 19.8 Å². The van der Waals surface area contributed by atoms with Crippen LogP contribution in [0.5, 0.6) is 0 Å². The first kappa shape index (κ1) is 13.1. The predicted octanol–water partition coefficient (Wildman–Crippen LogP) is 3.70. The van der Waals surface area contributed by atoms with Crippen molar-refractivity contribution in [2.45, 2.75) is 31.4 Å². The Morgan fingerprint density at radius 2 is 1.95 bits per heavy atom. The summed E-state index contributed by atoms with van der Waals surface area (Å²) in [7, 11) is 2.04. The number of benzene rings is 2. The summed E-state index contributed by atoms with van der Waals surface area (Å²) < 4.78 is 5.89. The standard InChI is InChI=1S/C19H21NO/c1-20-19(18-7-4-10-21-18)15-9-8-14-11-13-5-2-3-6-16(13)17(14)12-15/h2-3,5-6,8-9,12,18-20H,4,7,10-11H2,1H3. The van der Waals surface area contributed by atoms with Crippen LogP contribution in [0.4, 0.5) is 0 Å². The second-order valence-corrected chi connectivity index (χ2v) is 6.07. The first-order valence-corrected chi connectivity index (χ1v) is 7.87. The zero-order valence-electron chi connectivity index (χ0n) is 12.4. The van der Waals surface area contributed by atoms with Crippen LogP contribution in [0.2, 0.25) is 0 Å². The maximum atomic E-state index is 5.89. The summed E-state index contributed by atoms with van der Waals surface area (Å²) in [5, 5.41) is 3.45. The van der Waals surface area contributed by atoms with E-state index in [-0.39, 0.29) is 0 Å². The van der Waals surface area contributed by atoms with Gasteiger partial charge in [-0.1, -0.05) is 36.4 Å². The van der Waals surface area contributed by atoms with Gasteiger partial charge in [0.25, 0.3) is 0 Å². The fraction of sp³-hybridized carbons (Fsp3) is 0.368. The Morgan fingerprint density at radius 3 is 2.76 bits per heavy atom. The van der Waals surface area contributed by atoms with E-state index in [0.29, 0.717) is 12.1 Å². The molecule has 1 saturated heterocycles. The topological polar surface area (TPSA) is 21.3 Å². The van der Waals surface area contributed by atoms with Crippen LogP contribution in [0.3, 0.4) is 0 Å². The van der Waals surface area contributed by atoms with Crippen molar-refractivity contribution in [3.8, 4) is 11.1 Å². The molecule has 1 aliphatic carbocycles. The van der Waals surface area contributed by atoms with Gasteiger partial charge >= 0.3 is 0 Å². The van der Waals surface area contributed by atoms with Crippen molar-refractivity contribution >= 4 is 0 Å². The minimum atomic E-state index is 0.297. The molecule has 0 amide bonds. The summed E-state index contributed by atoms with van der Waals surface area (Å²) in [6, 6.07) is 16.0. The molecule has 0 radical (unpaired) electrons. The number of hydrogen-bond acceptors (Lipinski definition) is 2. The zero-order chi connectivity index (χ0) is 14.2. The second kappa shape index (κ2) is 5.28. The summed E-state index contributed by atoms with van der Waals surface area (Å²) in [5.74, 6) is 0. The van der Waals surface area contributed by atoms with Gasteiger partial charge in [-0.15, -0.1) is 0 Å². The molecule has 0 aromatic heterocycles. The highest BCUT2D eigenvalue weighted by atomic mass is 16.5. The monoisotopic (exact) mass is 279 g/mol. The van der Waals surface area contributed by atoms with E-state index < -0.39 is 0 Å². The first-order chi connectivity index (χ1) is 10.4. The van der Waals surface area contributed by atoms with Crippen molar-refractivity contribution in [1.82, 2.24) is 5.32 Å². The third-order valence-electron chi connectivity index (χ3n) is 4.83. The molecule has 0 spiro atoms. The molecule has 1 N–H and O–H groups in total. The van der Waals surface area contributed by atoms with E-state index in [4.69, 9.17) is 4.74 Å². The van der Waals surface area contributed by atoms with E-state index in [2.05, 4.69) is 47.8 Å². The number of rotatable bonds is 3. The molecule has 2 aromatic rings. The van der Waals surface area contributed by atoms with Crippen molar-refractivity contribution in [2.75, 3.05) is 13.7 Å². The van der Waals surface area contributed by atoms with Crippen LogP contribution in [0, 0.1) is 0 Å². The van der Waals surface area contributed by atoms with E-state index >= 15 is 0 Å². The summed E-state index contributed by atoms with van der Waals surface area (Å²) in [6.07, 6.45) is 3.70. The van der Waals surface area contributed by atoms with Gasteiger partial charge in [0, 0.05) is 6.61 Å². The molecule has 2 nitrogen and oxygen atoms in total. The van der Waals surface area contributed by atoms with E-state index in [1.807, 2.05) is 7.05 Å². The molecule has 0 bridgehead atoms. The van der Waals surface area contributed by atoms with Crippen molar-refractivity contribution in [1.29, 1.82) is 0 Å². The second-order valence-electron chi connectivity index (χ2n) is 6.07. The largest absolute Gasteiger partial charge is 0.376 e. The third kappa shape index (κ3) is 2.19. The molecule has 4 rings (SSSR count). The van der Waals surface area contributed by atoms with Gasteiger partial charge < -0.3 is 10.1 Å². The summed E-state index contributed by atoms with van der Waals surface area (Å²) in [4.78, 5) is 0. The smallest absolute Gasteiger partial charge is 0.0770 e. The van der Waals surface area contributed by atoms with E-state index in [1.54, 1.807) is 0 Å². The lowest BCUT2D eigenvalue weighted by molar-refractivity contribution is 0.0808. The molecule has 1 heterocycles. The Kier molecular flexibility index (Phi) is 3.28. The molecule has 2 heteroatoms. The Labute approximate surface area is 126 Å². The highest BCUT2D eigenvalue weighted by molar-refractivity contribution is 5.77. The summed E-state index contributed by atoms with van der Waals surface area (Å²) >= 11 is 0. The van der Waals surface area contributed by atoms with Crippen molar-refractivity contribution in [3.63, 3.8) is 0 Å². The lowest BCUT2D eigenvalue weighted by atomic mass is 9.95. The van der Waals surface area contributed by atoms with E-state index in [9.17, 15) is 0 Å². The van der Waals surface area contributed by atoms with Gasteiger partial charge in [0.2, 0.25) is 0 Å². The molecule has 21 heavy (non-hydrogen) atoms. The third-order valence-corrected chi connectivity index (χ3v) is 4.83. The zero-order valence-corrected chi connectivity index (χ0v) is 12.4. The minimum Gasteiger partial charge on any atom is -0.376 e. The van der Waals surface area contributed by atoms with Gasteiger partial charge in [-0.3, -0.25) is 0 Å². The SMILES string of the molecule is CNC(c1ccc2c(c1)-c1ccccc1C2)C1CCCO1. The van der Waals surface area contributed by atoms with Crippen molar-refractivity contribution in [2.24, 2.45) is 0 Å². The van der Waals surface area contributed by atoms with Crippen LogP contribution in [0.25, 0.3) is 11.1 Å². The van der Waals surface area contributed by atoms with Crippen LogP contribution >= 0.6 is 0 Å². The van der Waals surface area contributed by atoms with Gasteiger partial charge in [0.05, 0.1) is 12.1 Å². The molecular formula is C19H21NO. The van der Waals surface area contributed by atoms with Gasteiger partial charge in [-0.25, -0.2) is 0 Å². The van der Waals surface area contributed by atoms with Gasteiger partial charge in [-0.2, -0.15) is 0 Å². The number of fused-ring (bicyclic) bond motifs is 3. The predicted molar refractivity (Wildman–Crippen MR) is 85.5 cm³/mol. The molecular weight excluding hydrogens is 258 g/mol. The lowest BCUT2D eigenvalue weighted by Crippen LogP contribution is -2.28. The Bertz CT molecular complexity index is 658. The fourth-order valence-corrected chi connectivity index (χ4v) is 3.77. The maximum absolute atomic E-state index is 5.89. The summed E-state index contributed by atoms with van der Waals surface area (Å²) in [6.45, 7) is 0.899. The molecule has 2 unspecified atom stereocenters. The molecule has 2 aromatic carbocycles. The molecule has 2 aliphatic rings. The lowest BCUT2D eigenvalue weighted by Gasteiger charge is -2.23. The number of hydrogen-bond donors (Lipinski definition) is 1. The summed E-state index contributed by atoms with van der Waals surface area (Å²) in [5.41, 5.74) is 7.04. The Morgan fingerprint density at radius 1 is 1.10 bits per heavy atom. The molecule has 1 fully saturated rings. The molecule has 1 aliphatic heterocycles. The van der Waals surface area contributed by atoms with Crippen LogP contribution in [-0.2, 0) is 11.2 Å². The van der Waals surface area contributed by atoms with Crippen LogP contribution < -0.4 is 5.32 Å². The minimum absolute atomic E-state index is 0.297. The highest BCUT2D eigenvalue weighted by Crippen LogP contribution is 2.38. The van der Waals surface area contributed by atoms with Crippen molar-refractivity contribution in [3.05, 3.63) is 59.2 Å². The average molecular weight is 279 g/mol. The van der Waals surface area contributed by atoms with Gasteiger partial charge in [0.15, 0.2) is 0 Å². The maximum Gasteiger partial charge on any atom is 0.0770 e. The van der Waals surface area contributed by atoms with Gasteiger partial charge in [-0.05, 0) is 60.2 Å². The molecule has 0 saturated carbocycles. The highest BCUT2D eigenvalue weighted by Gasteiger charge is 2.27. The fourth-order valence-electron chi connectivity index (χ4n) is 3.77. The van der Waals surface area contributed by atoms with Crippen LogP contribution in [0.1, 0.15) is 35.6 Å². The molecule has 2 atom stereocenters. The van der Waals surface area contributed by atoms with E-state index in [1.165, 1.54) is 34.2 Å². The van der Waals surface area contributed by atoms with Crippen molar-refractivity contribution < 1.29 is 4.74 Å². The quantitative estimate of drug-likeness (QED) is 0.789. The van der Waals surface area contributed by atoms with Crippen LogP contribution in [0.15, 0.2) is 42.5 Å². The average Bonchev–Trinajstić information content (AvgIpc) is 3.15. The molecule has 108 valence electrons. The first-order valence-electron chi connectivity index (χ1n) is 7.87. The number of nitrogens with one attached hydrogen (secondary N) is 1. The normalized spacial score (nSPS) is 21.1. The van der Waals surface area contributed by atoms with Gasteiger partial charge in [0.1, 0.15) is 0 Å². The Balaban J connectivity index is 1.73. The number of likely N-dealkylation sites (N-methyl/N-ethyl adjacent to an activating group) is 1.